The van der Waals surface area contributed by atoms with Crippen molar-refractivity contribution in [3.05, 3.63) is 65.5 Å². The Balaban J connectivity index is 1.95. The van der Waals surface area contributed by atoms with Crippen LogP contribution in [0, 0.1) is 13.8 Å². The number of aromatic nitrogens is 2. The van der Waals surface area contributed by atoms with Crippen LogP contribution in [0.3, 0.4) is 0 Å². The van der Waals surface area contributed by atoms with Gasteiger partial charge < -0.3 is 14.8 Å². The number of anilines is 1. The van der Waals surface area contributed by atoms with E-state index in [2.05, 4.69) is 10.4 Å². The fourth-order valence-electron chi connectivity index (χ4n) is 2.89. The molecule has 0 fully saturated rings. The molecule has 1 amide bonds. The normalized spacial score (nSPS) is 10.5. The van der Waals surface area contributed by atoms with Crippen LogP contribution in [0.15, 0.2) is 48.5 Å². The van der Waals surface area contributed by atoms with Crippen molar-refractivity contribution in [2.24, 2.45) is 0 Å². The largest absolute Gasteiger partial charge is 0.493 e. The zero-order valence-electron chi connectivity index (χ0n) is 15.2. The second kappa shape index (κ2) is 7.31. The lowest BCUT2D eigenvalue weighted by Gasteiger charge is -2.13. The molecule has 2 aromatic carbocycles. The van der Waals surface area contributed by atoms with Gasteiger partial charge in [-0.1, -0.05) is 24.3 Å². The molecule has 0 aliphatic rings. The minimum atomic E-state index is -0.278. The Hall–Kier alpha value is -3.28. The maximum Gasteiger partial charge on any atom is 0.259 e. The number of para-hydroxylation sites is 2. The predicted octanol–water partition coefficient (Wildman–Crippen LogP) is 3.76. The van der Waals surface area contributed by atoms with Gasteiger partial charge in [-0.3, -0.25) is 4.79 Å². The van der Waals surface area contributed by atoms with Crippen LogP contribution in [0.25, 0.3) is 5.69 Å². The third kappa shape index (κ3) is 3.13. The molecule has 0 spiro atoms. The van der Waals surface area contributed by atoms with E-state index in [1.165, 1.54) is 14.2 Å². The first-order valence-corrected chi connectivity index (χ1v) is 8.20. The van der Waals surface area contributed by atoms with Crippen molar-refractivity contribution in [3.63, 3.8) is 0 Å². The molecule has 6 heteroatoms. The van der Waals surface area contributed by atoms with Crippen LogP contribution in [0.5, 0.6) is 11.5 Å². The number of nitrogens with zero attached hydrogens (tertiary/aromatic N) is 2. The second-order valence-corrected chi connectivity index (χ2v) is 5.79. The molecule has 3 rings (SSSR count). The molecule has 1 N–H and O–H groups in total. The van der Waals surface area contributed by atoms with E-state index >= 15 is 0 Å². The van der Waals surface area contributed by atoms with Crippen LogP contribution in [-0.4, -0.2) is 29.9 Å². The molecule has 26 heavy (non-hydrogen) atoms. The third-order valence-corrected chi connectivity index (χ3v) is 4.18. The first-order valence-electron chi connectivity index (χ1n) is 8.20. The number of benzene rings is 2. The Kier molecular flexibility index (Phi) is 4.93. The van der Waals surface area contributed by atoms with E-state index in [-0.39, 0.29) is 5.91 Å². The van der Waals surface area contributed by atoms with Crippen LogP contribution in [0.2, 0.25) is 0 Å². The topological polar surface area (TPSA) is 65.4 Å². The van der Waals surface area contributed by atoms with Crippen molar-refractivity contribution in [1.82, 2.24) is 9.78 Å². The van der Waals surface area contributed by atoms with Gasteiger partial charge in [0.2, 0.25) is 0 Å². The van der Waals surface area contributed by atoms with Gasteiger partial charge in [-0.15, -0.1) is 0 Å². The molecule has 1 heterocycles. The number of hydrogen-bond acceptors (Lipinski definition) is 4. The van der Waals surface area contributed by atoms with E-state index in [9.17, 15) is 4.79 Å². The van der Waals surface area contributed by atoms with E-state index in [0.29, 0.717) is 22.7 Å². The molecular formula is C20H21N3O3. The first-order chi connectivity index (χ1) is 12.6. The highest BCUT2D eigenvalue weighted by Gasteiger charge is 2.20. The van der Waals surface area contributed by atoms with Crippen LogP contribution in [0.1, 0.15) is 21.7 Å². The minimum absolute atomic E-state index is 0.278. The zero-order valence-corrected chi connectivity index (χ0v) is 15.2. The van der Waals surface area contributed by atoms with Crippen molar-refractivity contribution in [1.29, 1.82) is 0 Å². The first kappa shape index (κ1) is 17.5. The minimum Gasteiger partial charge on any atom is -0.493 e. The van der Waals surface area contributed by atoms with Gasteiger partial charge in [0.15, 0.2) is 11.5 Å². The molecule has 3 aromatic rings. The van der Waals surface area contributed by atoms with Gasteiger partial charge in [0.25, 0.3) is 5.91 Å². The summed E-state index contributed by atoms with van der Waals surface area (Å²) in [6.07, 6.45) is 0. The zero-order chi connectivity index (χ0) is 18.7. The summed E-state index contributed by atoms with van der Waals surface area (Å²) >= 11 is 0. The number of rotatable bonds is 5. The van der Waals surface area contributed by atoms with Gasteiger partial charge in [-0.25, -0.2) is 4.68 Å². The summed E-state index contributed by atoms with van der Waals surface area (Å²) in [4.78, 5) is 12.8. The Morgan fingerprint density at radius 2 is 1.73 bits per heavy atom. The highest BCUT2D eigenvalue weighted by molar-refractivity contribution is 6.07. The number of ether oxygens (including phenoxy) is 2. The highest BCUT2D eigenvalue weighted by atomic mass is 16.5. The van der Waals surface area contributed by atoms with Gasteiger partial charge in [-0.05, 0) is 38.1 Å². The average Bonchev–Trinajstić information content (AvgIpc) is 2.96. The van der Waals surface area contributed by atoms with Crippen LogP contribution in [-0.2, 0) is 0 Å². The van der Waals surface area contributed by atoms with Crippen LogP contribution in [0.4, 0.5) is 5.69 Å². The Labute approximate surface area is 152 Å². The second-order valence-electron chi connectivity index (χ2n) is 5.79. The molecule has 0 aliphatic heterocycles. The van der Waals surface area contributed by atoms with Gasteiger partial charge in [0, 0.05) is 0 Å². The van der Waals surface area contributed by atoms with Crippen molar-refractivity contribution >= 4 is 11.6 Å². The van der Waals surface area contributed by atoms with Gasteiger partial charge in [0.1, 0.15) is 0 Å². The summed E-state index contributed by atoms with van der Waals surface area (Å²) in [5.41, 5.74) is 3.61. The molecule has 0 atom stereocenters. The van der Waals surface area contributed by atoms with Crippen molar-refractivity contribution in [3.8, 4) is 17.2 Å². The fourth-order valence-corrected chi connectivity index (χ4v) is 2.89. The molecule has 134 valence electrons. The standard InChI is InChI=1S/C20H21N3O3/c1-13-18(14(2)23(22-13)15-9-6-5-7-10-15)21-20(24)16-11-8-12-17(25-3)19(16)26-4/h5-12H,1-4H3,(H,21,24). The van der Waals surface area contributed by atoms with Crippen molar-refractivity contribution in [2.45, 2.75) is 13.8 Å². The molecule has 0 bridgehead atoms. The smallest absolute Gasteiger partial charge is 0.259 e. The van der Waals surface area contributed by atoms with E-state index in [1.807, 2.05) is 48.9 Å². The van der Waals surface area contributed by atoms with Gasteiger partial charge >= 0.3 is 0 Å². The van der Waals surface area contributed by atoms with Crippen molar-refractivity contribution in [2.75, 3.05) is 19.5 Å². The van der Waals surface area contributed by atoms with E-state index < -0.39 is 0 Å². The van der Waals surface area contributed by atoms with E-state index in [0.717, 1.165) is 17.1 Å². The summed E-state index contributed by atoms with van der Waals surface area (Å²) in [6.45, 7) is 3.79. The number of hydrogen-bond donors (Lipinski definition) is 1. The fraction of sp³-hybridized carbons (Fsp3) is 0.200. The molecule has 0 unspecified atom stereocenters. The third-order valence-electron chi connectivity index (χ3n) is 4.18. The van der Waals surface area contributed by atoms with E-state index in [1.54, 1.807) is 18.2 Å². The maximum absolute atomic E-state index is 12.8. The number of carbonyl (C=O) groups excluding carboxylic acids is 1. The lowest BCUT2D eigenvalue weighted by atomic mass is 10.1. The summed E-state index contributed by atoms with van der Waals surface area (Å²) < 4.78 is 12.4. The Bertz CT molecular complexity index is 933. The average molecular weight is 351 g/mol. The lowest BCUT2D eigenvalue weighted by Crippen LogP contribution is -2.14. The number of carbonyl (C=O) groups is 1. The Morgan fingerprint density at radius 3 is 2.38 bits per heavy atom. The van der Waals surface area contributed by atoms with E-state index in [4.69, 9.17) is 9.47 Å². The monoisotopic (exact) mass is 351 g/mol. The number of methoxy groups -OCH3 is 2. The molecule has 0 radical (unpaired) electrons. The predicted molar refractivity (Wildman–Crippen MR) is 101 cm³/mol. The maximum atomic E-state index is 12.8. The molecule has 0 aliphatic carbocycles. The molecule has 6 nitrogen and oxygen atoms in total. The number of aryl methyl sites for hydroxylation is 1. The Morgan fingerprint density at radius 1 is 1.00 bits per heavy atom. The summed E-state index contributed by atoms with van der Waals surface area (Å²) in [7, 11) is 3.05. The molecular weight excluding hydrogens is 330 g/mol. The van der Waals surface area contributed by atoms with Gasteiger partial charge in [-0.2, -0.15) is 5.10 Å². The number of nitrogens with one attached hydrogen (secondary N) is 1. The molecule has 1 aromatic heterocycles. The molecule has 0 saturated heterocycles. The summed E-state index contributed by atoms with van der Waals surface area (Å²) in [6, 6.07) is 15.0. The highest BCUT2D eigenvalue weighted by Crippen LogP contribution is 2.32. The lowest BCUT2D eigenvalue weighted by molar-refractivity contribution is 0.102. The summed E-state index contributed by atoms with van der Waals surface area (Å²) in [5, 5.41) is 7.50. The molecule has 0 saturated carbocycles. The summed E-state index contributed by atoms with van der Waals surface area (Å²) in [5.74, 6) is 0.631. The van der Waals surface area contributed by atoms with Crippen molar-refractivity contribution < 1.29 is 14.3 Å². The van der Waals surface area contributed by atoms with Crippen LogP contribution >= 0.6 is 0 Å². The van der Waals surface area contributed by atoms with Gasteiger partial charge in [0.05, 0.1) is 42.5 Å². The SMILES string of the molecule is COc1cccc(C(=O)Nc2c(C)nn(-c3ccccc3)c2C)c1OC. The van der Waals surface area contributed by atoms with Crippen LogP contribution < -0.4 is 14.8 Å². The quantitative estimate of drug-likeness (QED) is 0.760. The number of amides is 1.